The maximum Gasteiger partial charge on any atom is 0.0700 e. The van der Waals surface area contributed by atoms with E-state index < -0.39 is 0 Å². The highest BCUT2D eigenvalue weighted by Gasteiger charge is 2.33. The Kier molecular flexibility index (Phi) is 3.29. The first-order valence-electron chi connectivity index (χ1n) is 4.93. The second-order valence-corrected chi connectivity index (χ2v) is 4.50. The summed E-state index contributed by atoms with van der Waals surface area (Å²) in [5.74, 6) is 0.543. The molecule has 0 saturated carbocycles. The Morgan fingerprint density at radius 3 is 2.85 bits per heavy atom. The fourth-order valence-electron chi connectivity index (χ4n) is 1.82. The van der Waals surface area contributed by atoms with Crippen molar-refractivity contribution >= 4 is 0 Å². The topological polar surface area (TPSA) is 53.0 Å². The maximum atomic E-state index is 8.93. The summed E-state index contributed by atoms with van der Waals surface area (Å²) < 4.78 is 0. The molecular formula is C10H19N3. The predicted octanol–water partition coefficient (Wildman–Crippen LogP) is 0.817. The summed E-state index contributed by atoms with van der Waals surface area (Å²) >= 11 is 0. The Balaban J connectivity index is 2.38. The van der Waals surface area contributed by atoms with Crippen LogP contribution in [0.2, 0.25) is 0 Å². The minimum Gasteiger partial charge on any atom is -0.330 e. The van der Waals surface area contributed by atoms with Gasteiger partial charge in [0.1, 0.15) is 0 Å². The highest BCUT2D eigenvalue weighted by atomic mass is 15.2. The largest absolute Gasteiger partial charge is 0.330 e. The lowest BCUT2D eigenvalue weighted by Crippen LogP contribution is -2.31. The summed E-state index contributed by atoms with van der Waals surface area (Å²) in [6, 6.07) is 2.39. The van der Waals surface area contributed by atoms with Gasteiger partial charge < -0.3 is 10.6 Å². The molecule has 0 spiro atoms. The van der Waals surface area contributed by atoms with Gasteiger partial charge in [0.2, 0.25) is 0 Å². The quantitative estimate of drug-likeness (QED) is 0.701. The van der Waals surface area contributed by atoms with Crippen molar-refractivity contribution in [2.24, 2.45) is 17.1 Å². The van der Waals surface area contributed by atoms with E-state index in [2.05, 4.69) is 17.9 Å². The number of nitrogens with zero attached hydrogens (tertiary/aromatic N) is 2. The van der Waals surface area contributed by atoms with Crippen LogP contribution in [0, 0.1) is 22.7 Å². The molecule has 74 valence electrons. The van der Waals surface area contributed by atoms with Gasteiger partial charge in [-0.05, 0) is 32.4 Å². The summed E-state index contributed by atoms with van der Waals surface area (Å²) in [5, 5.41) is 8.93. The first-order chi connectivity index (χ1) is 6.09. The molecule has 1 heterocycles. The minimum atomic E-state index is -0.117. The molecule has 2 unspecified atom stereocenters. The Morgan fingerprint density at radius 2 is 2.38 bits per heavy atom. The maximum absolute atomic E-state index is 8.93. The number of hydrogen-bond donors (Lipinski definition) is 1. The molecule has 2 N–H and O–H groups in total. The van der Waals surface area contributed by atoms with Crippen LogP contribution in [0.3, 0.4) is 0 Å². The van der Waals surface area contributed by atoms with Crippen LogP contribution in [0.1, 0.15) is 20.3 Å². The molecule has 1 saturated heterocycles. The number of nitrogens with two attached hydrogens (primary N) is 1. The third-order valence-electron chi connectivity index (χ3n) is 2.79. The van der Waals surface area contributed by atoms with Crippen molar-refractivity contribution in [3.05, 3.63) is 0 Å². The molecule has 13 heavy (non-hydrogen) atoms. The number of rotatable bonds is 3. The molecule has 0 bridgehead atoms. The molecule has 1 rings (SSSR count). The molecule has 2 atom stereocenters. The lowest BCUT2D eigenvalue weighted by molar-refractivity contribution is 0.271. The third-order valence-corrected chi connectivity index (χ3v) is 2.79. The standard InChI is InChI=1S/C10H19N3/c1-9(5-11)6-13-4-3-10(2,7-12)8-13/h9H,3-6,8,11H2,1-2H3. The summed E-state index contributed by atoms with van der Waals surface area (Å²) in [4.78, 5) is 2.35. The molecule has 3 heteroatoms. The molecular weight excluding hydrogens is 162 g/mol. The van der Waals surface area contributed by atoms with Crippen molar-refractivity contribution in [3.63, 3.8) is 0 Å². The Labute approximate surface area is 80.5 Å². The van der Waals surface area contributed by atoms with Crippen molar-refractivity contribution in [1.82, 2.24) is 4.90 Å². The second kappa shape index (κ2) is 4.08. The van der Waals surface area contributed by atoms with Crippen LogP contribution >= 0.6 is 0 Å². The van der Waals surface area contributed by atoms with Crippen LogP contribution in [-0.2, 0) is 0 Å². The van der Waals surface area contributed by atoms with Crippen LogP contribution in [0.4, 0.5) is 0 Å². The van der Waals surface area contributed by atoms with Gasteiger partial charge in [0.15, 0.2) is 0 Å². The first-order valence-corrected chi connectivity index (χ1v) is 4.93. The van der Waals surface area contributed by atoms with Gasteiger partial charge in [0.05, 0.1) is 11.5 Å². The molecule has 1 aliphatic rings. The van der Waals surface area contributed by atoms with Crippen molar-refractivity contribution in [1.29, 1.82) is 5.26 Å². The van der Waals surface area contributed by atoms with Crippen LogP contribution < -0.4 is 5.73 Å². The number of likely N-dealkylation sites (tertiary alicyclic amines) is 1. The lowest BCUT2D eigenvalue weighted by Gasteiger charge is -2.20. The van der Waals surface area contributed by atoms with Gasteiger partial charge in [0, 0.05) is 13.1 Å². The van der Waals surface area contributed by atoms with Gasteiger partial charge in [-0.15, -0.1) is 0 Å². The van der Waals surface area contributed by atoms with Gasteiger partial charge in [-0.3, -0.25) is 0 Å². The lowest BCUT2D eigenvalue weighted by atomic mass is 9.92. The van der Waals surface area contributed by atoms with Crippen LogP contribution in [0.15, 0.2) is 0 Å². The van der Waals surface area contributed by atoms with E-state index in [1.54, 1.807) is 0 Å². The zero-order chi connectivity index (χ0) is 9.90. The zero-order valence-electron chi connectivity index (χ0n) is 8.58. The van der Waals surface area contributed by atoms with E-state index in [1.807, 2.05) is 6.92 Å². The zero-order valence-corrected chi connectivity index (χ0v) is 8.58. The monoisotopic (exact) mass is 181 g/mol. The molecule has 1 fully saturated rings. The fraction of sp³-hybridized carbons (Fsp3) is 0.900. The van der Waals surface area contributed by atoms with Gasteiger partial charge >= 0.3 is 0 Å². The Bertz CT molecular complexity index is 209. The number of hydrogen-bond acceptors (Lipinski definition) is 3. The summed E-state index contributed by atoms with van der Waals surface area (Å²) in [6.45, 7) is 7.93. The molecule has 0 aromatic rings. The predicted molar refractivity (Wildman–Crippen MR) is 53.0 cm³/mol. The molecule has 0 amide bonds. The van der Waals surface area contributed by atoms with Crippen molar-refractivity contribution < 1.29 is 0 Å². The molecule has 0 radical (unpaired) electrons. The van der Waals surface area contributed by atoms with Crippen LogP contribution in [-0.4, -0.2) is 31.1 Å². The van der Waals surface area contributed by atoms with E-state index in [1.165, 1.54) is 0 Å². The van der Waals surface area contributed by atoms with Gasteiger partial charge in [-0.1, -0.05) is 6.92 Å². The van der Waals surface area contributed by atoms with Gasteiger partial charge in [-0.25, -0.2) is 0 Å². The first kappa shape index (κ1) is 10.5. The van der Waals surface area contributed by atoms with E-state index >= 15 is 0 Å². The van der Waals surface area contributed by atoms with E-state index in [0.29, 0.717) is 5.92 Å². The summed E-state index contributed by atoms with van der Waals surface area (Å²) in [5.41, 5.74) is 5.44. The van der Waals surface area contributed by atoms with Crippen molar-refractivity contribution in [2.75, 3.05) is 26.2 Å². The summed E-state index contributed by atoms with van der Waals surface area (Å²) in [6.07, 6.45) is 1.00. The average Bonchev–Trinajstić information content (AvgIpc) is 2.48. The van der Waals surface area contributed by atoms with Crippen molar-refractivity contribution in [3.8, 4) is 6.07 Å². The van der Waals surface area contributed by atoms with Crippen LogP contribution in [0.5, 0.6) is 0 Å². The molecule has 0 aromatic carbocycles. The molecule has 1 aliphatic heterocycles. The number of nitriles is 1. The Hall–Kier alpha value is -0.590. The van der Waals surface area contributed by atoms with E-state index in [4.69, 9.17) is 11.0 Å². The highest BCUT2D eigenvalue weighted by molar-refractivity contribution is 5.02. The van der Waals surface area contributed by atoms with Gasteiger partial charge in [0.25, 0.3) is 0 Å². The average molecular weight is 181 g/mol. The normalized spacial score (nSPS) is 31.5. The van der Waals surface area contributed by atoms with E-state index in [9.17, 15) is 0 Å². The van der Waals surface area contributed by atoms with Crippen LogP contribution in [0.25, 0.3) is 0 Å². The highest BCUT2D eigenvalue weighted by Crippen LogP contribution is 2.28. The van der Waals surface area contributed by atoms with Gasteiger partial charge in [-0.2, -0.15) is 5.26 Å². The molecule has 3 nitrogen and oxygen atoms in total. The van der Waals surface area contributed by atoms with E-state index in [0.717, 1.165) is 32.6 Å². The minimum absolute atomic E-state index is 0.117. The smallest absolute Gasteiger partial charge is 0.0700 e. The second-order valence-electron chi connectivity index (χ2n) is 4.50. The Morgan fingerprint density at radius 1 is 1.69 bits per heavy atom. The molecule has 0 aromatic heterocycles. The third kappa shape index (κ3) is 2.68. The summed E-state index contributed by atoms with van der Waals surface area (Å²) in [7, 11) is 0. The fourth-order valence-corrected chi connectivity index (χ4v) is 1.82. The van der Waals surface area contributed by atoms with Crippen molar-refractivity contribution in [2.45, 2.75) is 20.3 Å². The molecule has 0 aliphatic carbocycles. The van der Waals surface area contributed by atoms with E-state index in [-0.39, 0.29) is 5.41 Å². The SMILES string of the molecule is CC(CN)CN1CCC(C)(C#N)C1.